The predicted molar refractivity (Wildman–Crippen MR) is 167 cm³/mol. The highest BCUT2D eigenvalue weighted by Gasteiger charge is 2.24. The first-order valence-electron chi connectivity index (χ1n) is 15.2. The third-order valence-electron chi connectivity index (χ3n) is 5.91. The smallest absolute Gasteiger partial charge is 0.326 e. The van der Waals surface area contributed by atoms with Crippen LogP contribution in [0.1, 0.15) is 32.1 Å². The van der Waals surface area contributed by atoms with Gasteiger partial charge in [-0.05, 0) is 25.8 Å². The van der Waals surface area contributed by atoms with Crippen molar-refractivity contribution in [2.75, 3.05) is 84.8 Å². The Morgan fingerprint density at radius 1 is 0.653 bits per heavy atom. The second-order valence-electron chi connectivity index (χ2n) is 10.0. The van der Waals surface area contributed by atoms with Crippen LogP contribution in [0.4, 0.5) is 0 Å². The number of primary amides is 1. The Bertz CT molecular complexity index is 1070. The maximum atomic E-state index is 12.3. The zero-order valence-corrected chi connectivity index (χ0v) is 27.9. The summed E-state index contributed by atoms with van der Waals surface area (Å²) < 4.78 is 41.6. The van der Waals surface area contributed by atoms with E-state index < -0.39 is 65.3 Å². The molecule has 9 N–H and O–H groups in total. The van der Waals surface area contributed by atoms with E-state index >= 15 is 0 Å². The number of hydrogen-bond donors (Lipinski definition) is 8. The molecular formula is C27H47N6O15S-. The van der Waals surface area contributed by atoms with Gasteiger partial charge in [0.05, 0.1) is 46.2 Å². The summed E-state index contributed by atoms with van der Waals surface area (Å²) in [6, 6.07) is -2.67. The summed E-state index contributed by atoms with van der Waals surface area (Å²) in [5.41, 5.74) is 4.90. The van der Waals surface area contributed by atoms with E-state index in [1.54, 1.807) is 0 Å². The lowest BCUT2D eigenvalue weighted by molar-refractivity contribution is -0.144. The average Bonchev–Trinajstić information content (AvgIpc) is 3.03. The minimum absolute atomic E-state index is 0.00663. The van der Waals surface area contributed by atoms with Gasteiger partial charge in [0.1, 0.15) is 25.3 Å². The summed E-state index contributed by atoms with van der Waals surface area (Å²) in [6.45, 7) is 0.509. The Hall–Kier alpha value is -3.80. The summed E-state index contributed by atoms with van der Waals surface area (Å²) >= 11 is -2.19. The molecule has 0 radical (unpaired) electrons. The first-order valence-corrected chi connectivity index (χ1v) is 16.5. The van der Waals surface area contributed by atoms with E-state index in [-0.39, 0.29) is 110 Å². The highest BCUT2D eigenvalue weighted by Crippen LogP contribution is 2.01. The zero-order valence-electron chi connectivity index (χ0n) is 27.1. The van der Waals surface area contributed by atoms with Crippen molar-refractivity contribution < 1.29 is 71.5 Å². The number of aliphatic carboxylic acids is 2. The van der Waals surface area contributed by atoms with Crippen LogP contribution in [0.25, 0.3) is 0 Å². The highest BCUT2D eigenvalue weighted by molar-refractivity contribution is 7.79. The molecule has 3 atom stereocenters. The summed E-state index contributed by atoms with van der Waals surface area (Å²) in [5, 5.41) is 31.1. The number of nitrogens with two attached hydrogens (primary N) is 1. The van der Waals surface area contributed by atoms with Crippen molar-refractivity contribution in [3.8, 4) is 0 Å². The summed E-state index contributed by atoms with van der Waals surface area (Å²) in [7, 11) is 0. The molecule has 0 saturated carbocycles. The number of carbonyl (C=O) groups is 7. The molecule has 0 aliphatic rings. The van der Waals surface area contributed by atoms with E-state index in [0.717, 1.165) is 0 Å². The maximum absolute atomic E-state index is 12.3. The van der Waals surface area contributed by atoms with Gasteiger partial charge in [-0.1, -0.05) is 11.1 Å². The normalized spacial score (nSPS) is 12.7. The molecule has 49 heavy (non-hydrogen) atoms. The molecule has 1 unspecified atom stereocenters. The Morgan fingerprint density at radius 2 is 1.20 bits per heavy atom. The van der Waals surface area contributed by atoms with E-state index in [1.165, 1.54) is 0 Å². The third-order valence-corrected chi connectivity index (χ3v) is 6.54. The van der Waals surface area contributed by atoms with E-state index in [9.17, 15) is 52.5 Å². The van der Waals surface area contributed by atoms with Crippen molar-refractivity contribution in [2.24, 2.45) is 5.73 Å². The van der Waals surface area contributed by atoms with Gasteiger partial charge in [0.25, 0.3) is 0 Å². The van der Waals surface area contributed by atoms with Crippen molar-refractivity contribution in [3.63, 3.8) is 0 Å². The number of carboxylic acid groups (broad SMARTS) is 2. The van der Waals surface area contributed by atoms with Crippen molar-refractivity contribution in [1.82, 2.24) is 26.6 Å². The lowest BCUT2D eigenvalue weighted by atomic mass is 10.1. The van der Waals surface area contributed by atoms with Gasteiger partial charge < -0.3 is 66.0 Å². The Labute approximate surface area is 285 Å². The van der Waals surface area contributed by atoms with Crippen molar-refractivity contribution in [1.29, 1.82) is 0 Å². The molecule has 21 nitrogen and oxygen atoms in total. The first kappa shape index (κ1) is 45.2. The molecule has 0 aromatic heterocycles. The quantitative estimate of drug-likeness (QED) is 0.0238. The molecule has 0 rings (SSSR count). The predicted octanol–water partition coefficient (Wildman–Crippen LogP) is -4.67. The van der Waals surface area contributed by atoms with Gasteiger partial charge >= 0.3 is 11.9 Å². The van der Waals surface area contributed by atoms with Crippen LogP contribution in [0.3, 0.4) is 0 Å². The summed E-state index contributed by atoms with van der Waals surface area (Å²) in [5.74, 6) is -5.74. The van der Waals surface area contributed by atoms with Crippen molar-refractivity contribution in [2.45, 2.75) is 44.2 Å². The van der Waals surface area contributed by atoms with Gasteiger partial charge in [-0.15, -0.1) is 0 Å². The lowest BCUT2D eigenvalue weighted by Crippen LogP contribution is -2.45. The molecule has 0 aliphatic carbocycles. The van der Waals surface area contributed by atoms with Crippen LogP contribution in [0.15, 0.2) is 0 Å². The molecular weight excluding hydrogens is 680 g/mol. The molecule has 0 fully saturated rings. The number of ether oxygens (including phenoxy) is 4. The molecule has 0 aliphatic heterocycles. The number of nitrogens with one attached hydrogen (secondary N) is 5. The fourth-order valence-electron chi connectivity index (χ4n) is 3.52. The van der Waals surface area contributed by atoms with Crippen LogP contribution in [-0.2, 0) is 63.6 Å². The average molecular weight is 728 g/mol. The van der Waals surface area contributed by atoms with Crippen molar-refractivity contribution in [3.05, 3.63) is 0 Å². The molecule has 22 heteroatoms. The molecule has 0 aromatic carbocycles. The van der Waals surface area contributed by atoms with Crippen LogP contribution < -0.4 is 32.3 Å². The SMILES string of the molecule is NC(=O)CNC(=O)COCCOCCNCC[C@@H](NC(=O)CC[C@H](NC(=O)COCCOCCNC(=O)CCCS(=O)[O-])C(=O)O)C(=O)O. The Kier molecular flexibility index (Phi) is 26.9. The minimum atomic E-state index is -2.19. The molecule has 5 amide bonds. The van der Waals surface area contributed by atoms with Crippen LogP contribution in [0.5, 0.6) is 0 Å². The highest BCUT2D eigenvalue weighted by atomic mass is 32.2. The van der Waals surface area contributed by atoms with E-state index in [1.807, 2.05) is 0 Å². The zero-order chi connectivity index (χ0) is 36.9. The summed E-state index contributed by atoms with van der Waals surface area (Å²) in [4.78, 5) is 80.9. The van der Waals surface area contributed by atoms with Crippen LogP contribution >= 0.6 is 0 Å². The second kappa shape index (κ2) is 29.1. The molecule has 0 saturated heterocycles. The molecule has 282 valence electrons. The number of hydrogen-bond acceptors (Lipinski definition) is 14. The fraction of sp³-hybridized carbons (Fsp3) is 0.741. The Balaban J connectivity index is 4.08. The van der Waals surface area contributed by atoms with Crippen LogP contribution in [0, 0.1) is 0 Å². The van der Waals surface area contributed by atoms with Gasteiger partial charge in [0.15, 0.2) is 0 Å². The first-order chi connectivity index (χ1) is 23.3. The van der Waals surface area contributed by atoms with Gasteiger partial charge in [-0.3, -0.25) is 28.2 Å². The molecule has 0 heterocycles. The van der Waals surface area contributed by atoms with Crippen molar-refractivity contribution >= 4 is 52.6 Å². The number of carboxylic acids is 2. The fourth-order valence-corrected chi connectivity index (χ4v) is 3.90. The summed E-state index contributed by atoms with van der Waals surface area (Å²) in [6.07, 6.45) is -0.374. The number of amides is 5. The number of carbonyl (C=O) groups excluding carboxylic acids is 5. The van der Waals surface area contributed by atoms with Crippen LogP contribution in [0.2, 0.25) is 0 Å². The van der Waals surface area contributed by atoms with Gasteiger partial charge in [-0.2, -0.15) is 0 Å². The topological polar surface area (TPSA) is 323 Å². The van der Waals surface area contributed by atoms with Crippen LogP contribution in [-0.4, -0.2) is 157 Å². The largest absolute Gasteiger partial charge is 0.772 e. The maximum Gasteiger partial charge on any atom is 0.326 e. The number of rotatable bonds is 32. The minimum Gasteiger partial charge on any atom is -0.772 e. The van der Waals surface area contributed by atoms with Gasteiger partial charge in [0, 0.05) is 31.7 Å². The van der Waals surface area contributed by atoms with E-state index in [4.69, 9.17) is 24.7 Å². The molecule has 0 aromatic rings. The van der Waals surface area contributed by atoms with E-state index in [0.29, 0.717) is 6.54 Å². The third kappa shape index (κ3) is 28.9. The molecule has 0 bridgehead atoms. The molecule has 0 spiro atoms. The Morgan fingerprint density at radius 3 is 1.80 bits per heavy atom. The van der Waals surface area contributed by atoms with Gasteiger partial charge in [-0.25, -0.2) is 9.59 Å². The second-order valence-corrected chi connectivity index (χ2v) is 11.0. The van der Waals surface area contributed by atoms with E-state index in [2.05, 4.69) is 26.6 Å². The monoisotopic (exact) mass is 727 g/mol. The van der Waals surface area contributed by atoms with Gasteiger partial charge in [0.2, 0.25) is 29.5 Å². The lowest BCUT2D eigenvalue weighted by Gasteiger charge is -2.17. The standard InChI is InChI=1S/C27H48N6O15S/c28-21(34)16-31-24(37)17-47-13-11-45-9-7-29-6-5-20(27(41)42)32-23(36)4-3-19(26(39)40)33-25(38)18-48-14-12-46-10-8-30-22(35)2-1-15-49(43)44/h19-20,29H,1-18H2,(H2,28,34)(H,30,35)(H,31,37)(H,32,36)(H,33,38)(H,39,40)(H,41,42)(H,43,44)/p-1/t19-,20+/m0/s1.